The molecule has 7 nitrogen and oxygen atoms in total. The van der Waals surface area contributed by atoms with E-state index in [1.165, 1.54) is 11.2 Å². The number of hydrogen-bond acceptors (Lipinski definition) is 5. The molecule has 0 radical (unpaired) electrons. The van der Waals surface area contributed by atoms with Crippen molar-refractivity contribution in [3.8, 4) is 0 Å². The highest BCUT2D eigenvalue weighted by Crippen LogP contribution is 2.27. The summed E-state index contributed by atoms with van der Waals surface area (Å²) in [4.78, 5) is 32.7. The van der Waals surface area contributed by atoms with Gasteiger partial charge in [0.05, 0.1) is 11.2 Å². The highest BCUT2D eigenvalue weighted by molar-refractivity contribution is 6.09. The highest BCUT2D eigenvalue weighted by Gasteiger charge is 2.26. The monoisotopic (exact) mass is 257 g/mol. The molecule has 0 spiro atoms. The molecular weight excluding hydrogens is 246 g/mol. The number of nitrogens with one attached hydrogen (secondary N) is 1. The number of hydrogen-bond donors (Lipinski definition) is 2. The predicted molar refractivity (Wildman–Crippen MR) is 69.5 cm³/mol. The number of para-hydroxylation sites is 1. The van der Waals surface area contributed by atoms with E-state index in [0.717, 1.165) is 0 Å². The first kappa shape index (κ1) is 11.4. The van der Waals surface area contributed by atoms with Gasteiger partial charge in [0.25, 0.3) is 0 Å². The lowest BCUT2D eigenvalue weighted by atomic mass is 10.2. The van der Waals surface area contributed by atoms with Gasteiger partial charge in [-0.25, -0.2) is 14.8 Å². The van der Waals surface area contributed by atoms with Crippen LogP contribution in [-0.2, 0) is 4.79 Å². The first-order valence-electron chi connectivity index (χ1n) is 5.77. The SMILES string of the molecule is Nc1cccc2c(N3CCC(=O)NC3=O)ncnc12. The molecule has 3 amide bonds. The fourth-order valence-electron chi connectivity index (χ4n) is 2.08. The number of carbonyl (C=O) groups excluding carboxylic acids is 2. The summed E-state index contributed by atoms with van der Waals surface area (Å²) in [5, 5.41) is 2.95. The summed E-state index contributed by atoms with van der Waals surface area (Å²) in [6.07, 6.45) is 1.61. The minimum Gasteiger partial charge on any atom is -0.397 e. The van der Waals surface area contributed by atoms with Crippen molar-refractivity contribution in [3.05, 3.63) is 24.5 Å². The van der Waals surface area contributed by atoms with Crippen molar-refractivity contribution >= 4 is 34.3 Å². The lowest BCUT2D eigenvalue weighted by molar-refractivity contribution is -0.120. The van der Waals surface area contributed by atoms with E-state index >= 15 is 0 Å². The minimum atomic E-state index is -0.473. The quantitative estimate of drug-likeness (QED) is 0.731. The summed E-state index contributed by atoms with van der Waals surface area (Å²) in [7, 11) is 0. The summed E-state index contributed by atoms with van der Waals surface area (Å²) < 4.78 is 0. The minimum absolute atomic E-state index is 0.250. The van der Waals surface area contributed by atoms with E-state index in [-0.39, 0.29) is 12.3 Å². The third-order valence-electron chi connectivity index (χ3n) is 2.98. The zero-order chi connectivity index (χ0) is 13.4. The van der Waals surface area contributed by atoms with Gasteiger partial charge in [0.1, 0.15) is 12.1 Å². The summed E-state index contributed by atoms with van der Waals surface area (Å²) in [5.41, 5.74) is 6.97. The molecule has 1 saturated heterocycles. The molecule has 1 aliphatic heterocycles. The maximum atomic E-state index is 11.8. The summed E-state index contributed by atoms with van der Waals surface area (Å²) in [5.74, 6) is 0.182. The Hall–Kier alpha value is -2.70. The Kier molecular flexibility index (Phi) is 2.52. The van der Waals surface area contributed by atoms with E-state index in [1.807, 2.05) is 0 Å². The van der Waals surface area contributed by atoms with Gasteiger partial charge in [-0.05, 0) is 12.1 Å². The zero-order valence-corrected chi connectivity index (χ0v) is 9.96. The van der Waals surface area contributed by atoms with Crippen LogP contribution in [0.15, 0.2) is 24.5 Å². The topological polar surface area (TPSA) is 101 Å². The average Bonchev–Trinajstić information content (AvgIpc) is 2.39. The van der Waals surface area contributed by atoms with Gasteiger partial charge in [-0.2, -0.15) is 0 Å². The van der Waals surface area contributed by atoms with Crippen LogP contribution < -0.4 is 16.0 Å². The number of anilines is 2. The molecule has 0 atom stereocenters. The van der Waals surface area contributed by atoms with Crippen molar-refractivity contribution in [2.75, 3.05) is 17.2 Å². The number of benzene rings is 1. The zero-order valence-electron chi connectivity index (χ0n) is 9.96. The molecule has 19 heavy (non-hydrogen) atoms. The fourth-order valence-corrected chi connectivity index (χ4v) is 2.08. The Labute approximate surface area is 108 Å². The Morgan fingerprint density at radius 3 is 2.89 bits per heavy atom. The Balaban J connectivity index is 2.13. The van der Waals surface area contributed by atoms with Gasteiger partial charge < -0.3 is 5.73 Å². The number of rotatable bonds is 1. The third kappa shape index (κ3) is 1.85. The summed E-state index contributed by atoms with van der Waals surface area (Å²) in [6, 6.07) is 4.83. The predicted octanol–water partition coefficient (Wildman–Crippen LogP) is 0.658. The van der Waals surface area contributed by atoms with Crippen LogP contribution in [0.3, 0.4) is 0 Å². The summed E-state index contributed by atoms with van der Waals surface area (Å²) in [6.45, 7) is 0.297. The maximum absolute atomic E-state index is 11.8. The van der Waals surface area contributed by atoms with E-state index in [1.54, 1.807) is 18.2 Å². The van der Waals surface area contributed by atoms with Gasteiger partial charge in [0, 0.05) is 18.4 Å². The number of aromatic nitrogens is 2. The van der Waals surface area contributed by atoms with Gasteiger partial charge in [-0.15, -0.1) is 0 Å². The Morgan fingerprint density at radius 2 is 2.11 bits per heavy atom. The molecule has 1 aromatic heterocycles. The summed E-state index contributed by atoms with van der Waals surface area (Å²) >= 11 is 0. The molecule has 2 heterocycles. The standard InChI is InChI=1S/C12H11N5O2/c13-8-3-1-2-7-10(8)14-6-15-11(7)17-5-4-9(18)16-12(17)19/h1-3,6H,4-5,13H2,(H,16,18,19). The second kappa shape index (κ2) is 4.20. The smallest absolute Gasteiger partial charge is 0.329 e. The van der Waals surface area contributed by atoms with Crippen molar-refractivity contribution in [2.45, 2.75) is 6.42 Å². The number of amides is 3. The van der Waals surface area contributed by atoms with Gasteiger partial charge in [0.2, 0.25) is 5.91 Å². The first-order valence-corrected chi connectivity index (χ1v) is 5.77. The highest BCUT2D eigenvalue weighted by atomic mass is 16.2. The maximum Gasteiger partial charge on any atom is 0.329 e. The van der Waals surface area contributed by atoms with Crippen molar-refractivity contribution < 1.29 is 9.59 Å². The van der Waals surface area contributed by atoms with Crippen molar-refractivity contribution in [1.29, 1.82) is 0 Å². The van der Waals surface area contributed by atoms with Crippen LogP contribution in [-0.4, -0.2) is 28.5 Å². The molecular formula is C12H11N5O2. The van der Waals surface area contributed by atoms with E-state index in [4.69, 9.17) is 5.73 Å². The molecule has 0 bridgehead atoms. The van der Waals surface area contributed by atoms with Crippen LogP contribution in [0.2, 0.25) is 0 Å². The van der Waals surface area contributed by atoms with Crippen molar-refractivity contribution in [2.24, 2.45) is 0 Å². The second-order valence-electron chi connectivity index (χ2n) is 4.20. The first-order chi connectivity index (χ1) is 9.16. The molecule has 96 valence electrons. The average molecular weight is 257 g/mol. The van der Waals surface area contributed by atoms with E-state index in [0.29, 0.717) is 29.0 Å². The number of imide groups is 1. The molecule has 1 fully saturated rings. The Morgan fingerprint density at radius 1 is 1.26 bits per heavy atom. The van der Waals surface area contributed by atoms with E-state index in [2.05, 4.69) is 15.3 Å². The van der Waals surface area contributed by atoms with Crippen molar-refractivity contribution in [1.82, 2.24) is 15.3 Å². The van der Waals surface area contributed by atoms with Crippen LogP contribution >= 0.6 is 0 Å². The molecule has 2 aromatic rings. The van der Waals surface area contributed by atoms with Gasteiger partial charge in [-0.3, -0.25) is 15.0 Å². The van der Waals surface area contributed by atoms with Crippen LogP contribution in [0.25, 0.3) is 10.9 Å². The number of urea groups is 1. The van der Waals surface area contributed by atoms with E-state index in [9.17, 15) is 9.59 Å². The number of fused-ring (bicyclic) bond motifs is 1. The molecule has 7 heteroatoms. The normalized spacial score (nSPS) is 15.7. The molecule has 0 aliphatic carbocycles. The number of carbonyl (C=O) groups is 2. The number of nitrogen functional groups attached to an aromatic ring is 1. The third-order valence-corrected chi connectivity index (χ3v) is 2.98. The van der Waals surface area contributed by atoms with Crippen LogP contribution in [0.1, 0.15) is 6.42 Å². The Bertz CT molecular complexity index is 685. The van der Waals surface area contributed by atoms with Crippen LogP contribution in [0.4, 0.5) is 16.3 Å². The number of nitrogens with two attached hydrogens (primary N) is 1. The largest absolute Gasteiger partial charge is 0.397 e. The second-order valence-corrected chi connectivity index (χ2v) is 4.20. The fraction of sp³-hybridized carbons (Fsp3) is 0.167. The number of nitrogens with zero attached hydrogens (tertiary/aromatic N) is 3. The molecule has 1 aliphatic rings. The van der Waals surface area contributed by atoms with Gasteiger partial charge in [0.15, 0.2) is 0 Å². The lowest BCUT2D eigenvalue weighted by Crippen LogP contribution is -2.50. The van der Waals surface area contributed by atoms with Crippen LogP contribution in [0, 0.1) is 0 Å². The van der Waals surface area contributed by atoms with Gasteiger partial charge >= 0.3 is 6.03 Å². The van der Waals surface area contributed by atoms with Gasteiger partial charge in [-0.1, -0.05) is 6.07 Å². The lowest BCUT2D eigenvalue weighted by Gasteiger charge is -2.26. The van der Waals surface area contributed by atoms with Crippen LogP contribution in [0.5, 0.6) is 0 Å². The molecule has 3 rings (SSSR count). The van der Waals surface area contributed by atoms with Crippen molar-refractivity contribution in [3.63, 3.8) is 0 Å². The molecule has 1 aromatic carbocycles. The molecule has 3 N–H and O–H groups in total. The van der Waals surface area contributed by atoms with E-state index < -0.39 is 6.03 Å². The molecule has 0 unspecified atom stereocenters. The molecule has 0 saturated carbocycles.